The zero-order valence-corrected chi connectivity index (χ0v) is 44.8. The summed E-state index contributed by atoms with van der Waals surface area (Å²) in [5.41, 5.74) is 3.80. The lowest BCUT2D eigenvalue weighted by molar-refractivity contribution is -0.249. The van der Waals surface area contributed by atoms with Crippen LogP contribution in [0.5, 0.6) is 17.2 Å². The van der Waals surface area contributed by atoms with Crippen LogP contribution in [0, 0.1) is 0 Å². The first-order valence-electron chi connectivity index (χ1n) is 27.2. The van der Waals surface area contributed by atoms with Crippen molar-refractivity contribution < 1.29 is 58.7 Å². The molecule has 0 unspecified atom stereocenters. The second-order valence-electron chi connectivity index (χ2n) is 20.9. The van der Waals surface area contributed by atoms with Crippen LogP contribution >= 0.6 is 0 Å². The molecule has 1 saturated heterocycles. The Morgan fingerprint density at radius 2 is 1.41 bits per heavy atom. The van der Waals surface area contributed by atoms with Gasteiger partial charge in [-0.2, -0.15) is 0 Å². The first-order valence-corrected chi connectivity index (χ1v) is 27.2. The fourth-order valence-electron chi connectivity index (χ4n) is 11.4. The number of aromatic nitrogens is 3. The number of benzene rings is 6. The van der Waals surface area contributed by atoms with Crippen LogP contribution in [0.2, 0.25) is 0 Å². The van der Waals surface area contributed by atoms with Gasteiger partial charge in [0.2, 0.25) is 11.7 Å². The van der Waals surface area contributed by atoms with Crippen molar-refractivity contribution in [3.63, 3.8) is 0 Å². The van der Waals surface area contributed by atoms with Gasteiger partial charge in [-0.3, -0.25) is 28.7 Å². The van der Waals surface area contributed by atoms with Crippen molar-refractivity contribution in [1.82, 2.24) is 25.8 Å². The summed E-state index contributed by atoms with van der Waals surface area (Å²) in [6, 6.07) is 41.5. The van der Waals surface area contributed by atoms with Crippen molar-refractivity contribution in [2.24, 2.45) is 0 Å². The number of hydrogen-bond donors (Lipinski definition) is 6. The Hall–Kier alpha value is -7.90. The summed E-state index contributed by atoms with van der Waals surface area (Å²) < 4.78 is 19.8. The minimum absolute atomic E-state index is 0.0289. The molecule has 10 rings (SSSR count). The van der Waals surface area contributed by atoms with Gasteiger partial charge in [0, 0.05) is 67.1 Å². The Morgan fingerprint density at radius 1 is 0.787 bits per heavy atom. The normalized spacial score (nSPS) is 20.6. The largest absolute Gasteiger partial charge is 0.507 e. The summed E-state index contributed by atoms with van der Waals surface area (Å²) in [5.74, 6) is -3.44. The fourth-order valence-corrected chi connectivity index (χ4v) is 11.4. The van der Waals surface area contributed by atoms with Gasteiger partial charge in [0.05, 0.1) is 48.3 Å². The number of hydrogen-bond acceptors (Lipinski definition) is 15. The molecule has 6 N–H and O–H groups in total. The van der Waals surface area contributed by atoms with Crippen LogP contribution in [0.25, 0.3) is 11.3 Å². The number of ketones is 3. The molecule has 6 atom stereocenters. The minimum Gasteiger partial charge on any atom is -0.507 e. The Balaban J connectivity index is 0.706. The van der Waals surface area contributed by atoms with Crippen LogP contribution in [0.4, 0.5) is 0 Å². The van der Waals surface area contributed by atoms with Crippen molar-refractivity contribution in [3.8, 4) is 28.5 Å². The molecule has 1 fully saturated rings. The first-order chi connectivity index (χ1) is 38.7. The number of nitrogens with one attached hydrogen (secondary N) is 2. The second kappa shape index (κ2) is 23.8. The molecule has 1 aliphatic heterocycles. The summed E-state index contributed by atoms with van der Waals surface area (Å²) in [4.78, 5) is 60.7. The van der Waals surface area contributed by atoms with Crippen LogP contribution in [-0.2, 0) is 49.0 Å². The Bertz CT molecular complexity index is 3280. The Morgan fingerprint density at radius 3 is 2.05 bits per heavy atom. The molecule has 0 saturated carbocycles. The van der Waals surface area contributed by atoms with E-state index in [0.717, 1.165) is 65.6 Å². The first kappa shape index (κ1) is 55.4. The molecule has 1 amide bonds. The molecule has 0 spiro atoms. The number of phenols is 2. The van der Waals surface area contributed by atoms with Crippen molar-refractivity contribution >= 4 is 23.3 Å². The third-order valence-electron chi connectivity index (χ3n) is 15.8. The summed E-state index contributed by atoms with van der Waals surface area (Å²) in [6.45, 7) is 3.94. The van der Waals surface area contributed by atoms with E-state index in [2.05, 4.69) is 21.1 Å². The molecule has 80 heavy (non-hydrogen) atoms. The van der Waals surface area contributed by atoms with Crippen LogP contribution < -0.4 is 15.5 Å². The monoisotopic (exact) mass is 1080 g/mol. The van der Waals surface area contributed by atoms with Crippen molar-refractivity contribution in [1.29, 1.82) is 0 Å². The molecule has 2 heterocycles. The average molecular weight is 1080 g/mol. The number of aliphatic hydroxyl groups is 2. The number of hydroxylamine groups is 1. The molecule has 3 aliphatic rings. The van der Waals surface area contributed by atoms with Crippen LogP contribution in [0.1, 0.15) is 137 Å². The van der Waals surface area contributed by atoms with E-state index in [-0.39, 0.29) is 46.8 Å². The van der Waals surface area contributed by atoms with Gasteiger partial charge in [-0.05, 0) is 55.0 Å². The van der Waals surface area contributed by atoms with Gasteiger partial charge in [0.25, 0.3) is 0 Å². The standard InChI is InChI=1S/C63H65N5O12/c1-38-57(71)47(33-52(78-38)79-50-35-62(76,39(2)69)34-46-54(50)61(75)56-55(59(46)73)58(72)45-25-18-26-49(77-3)53(45)60(56)74)64-36-40-28-30-41(31-29-40)48-37-68(67-65-48)32-17-6-4-5-16-27-51(70)66-80-63(42-19-10-7-11-20-42,43-21-12-8-13-22-43)44-23-14-9-15-24-44/h7-15,18-26,28-31,37-38,47,50,52,57,64,71,73,75-76H,4-6,16-17,27,32-36H2,1-3H3,(H,66,70)/t38-,47-,50-,52-,57+,62-/m0/s1. The number of aliphatic hydroxyl groups excluding tert-OH is 1. The van der Waals surface area contributed by atoms with E-state index < -0.39 is 88.2 Å². The number of fused-ring (bicyclic) bond motifs is 3. The summed E-state index contributed by atoms with van der Waals surface area (Å²) in [5, 5.41) is 58.8. The maximum Gasteiger partial charge on any atom is 0.243 e. The number of ether oxygens (including phenoxy) is 3. The molecule has 2 aliphatic carbocycles. The lowest BCUT2D eigenvalue weighted by atomic mass is 9.72. The number of amides is 1. The molecule has 17 heteroatoms. The predicted molar refractivity (Wildman–Crippen MR) is 295 cm³/mol. The quantitative estimate of drug-likeness (QED) is 0.0171. The number of nitrogens with zero attached hydrogens (tertiary/aromatic N) is 3. The lowest BCUT2D eigenvalue weighted by Crippen LogP contribution is -2.54. The third kappa shape index (κ3) is 11.0. The number of phenolic OH excluding ortho intramolecular Hbond substituents is 2. The number of rotatable bonds is 21. The molecule has 0 radical (unpaired) electrons. The molecule has 1 aromatic heterocycles. The maximum absolute atomic E-state index is 14.1. The fraction of sp³-hybridized carbons (Fsp3) is 0.333. The highest BCUT2D eigenvalue weighted by atomic mass is 16.7. The summed E-state index contributed by atoms with van der Waals surface area (Å²) in [6.07, 6.45) is 1.94. The van der Waals surface area contributed by atoms with Crippen LogP contribution in [0.15, 0.2) is 140 Å². The SMILES string of the molecule is COc1cccc2c1C(=O)c1c(O)c3c(c(O)c1C2=O)C[C@@](O)(C(C)=O)C[C@@H]3O[C@H]1C[C@H](NCc2ccc(-c3cn(CCCCCCCC(=O)NOC(c4ccccc4)(c4ccccc4)c4ccccc4)nn3)cc2)[C@H](O)[C@H](C)O1. The zero-order chi connectivity index (χ0) is 56.1. The average Bonchev–Trinajstić information content (AvgIpc) is 2.67. The number of carbonyl (C=O) groups excluding carboxylic acids is 4. The third-order valence-corrected chi connectivity index (χ3v) is 15.8. The molecule has 414 valence electrons. The van der Waals surface area contributed by atoms with Gasteiger partial charge < -0.3 is 40.0 Å². The number of aryl methyl sites for hydroxylation is 1. The topological polar surface area (TPSA) is 241 Å². The summed E-state index contributed by atoms with van der Waals surface area (Å²) >= 11 is 0. The van der Waals surface area contributed by atoms with E-state index in [1.54, 1.807) is 6.92 Å². The van der Waals surface area contributed by atoms with Crippen molar-refractivity contribution in [2.45, 2.75) is 127 Å². The molecular weight excluding hydrogens is 1020 g/mol. The number of aromatic hydroxyl groups is 2. The van der Waals surface area contributed by atoms with Crippen molar-refractivity contribution in [3.05, 3.63) is 195 Å². The van der Waals surface area contributed by atoms with Gasteiger partial charge in [-0.15, -0.1) is 5.10 Å². The number of unbranched alkanes of at least 4 members (excludes halogenated alkanes) is 4. The highest BCUT2D eigenvalue weighted by Gasteiger charge is 2.50. The lowest BCUT2D eigenvalue weighted by Gasteiger charge is -2.43. The number of carbonyl (C=O) groups is 4. The Kier molecular flexibility index (Phi) is 16.5. The van der Waals surface area contributed by atoms with E-state index >= 15 is 0 Å². The zero-order valence-electron chi connectivity index (χ0n) is 44.8. The van der Waals surface area contributed by atoms with Gasteiger partial charge in [0.15, 0.2) is 23.5 Å². The van der Waals surface area contributed by atoms with E-state index in [1.807, 2.05) is 126 Å². The van der Waals surface area contributed by atoms with E-state index in [9.17, 15) is 39.6 Å². The molecular formula is C63H65N5O12. The predicted octanol–water partition coefficient (Wildman–Crippen LogP) is 8.50. The van der Waals surface area contributed by atoms with Gasteiger partial charge in [-0.25, -0.2) is 5.48 Å². The van der Waals surface area contributed by atoms with Crippen LogP contribution in [-0.4, -0.2) is 95.9 Å². The molecule has 7 aromatic rings. The smallest absolute Gasteiger partial charge is 0.243 e. The van der Waals surface area contributed by atoms with Gasteiger partial charge in [-0.1, -0.05) is 152 Å². The molecule has 0 bridgehead atoms. The highest BCUT2D eigenvalue weighted by Crippen LogP contribution is 2.53. The van der Waals surface area contributed by atoms with Crippen molar-refractivity contribution in [2.75, 3.05) is 7.11 Å². The van der Waals surface area contributed by atoms with Crippen LogP contribution in [0.3, 0.4) is 0 Å². The van der Waals surface area contributed by atoms with E-state index in [4.69, 9.17) is 19.0 Å². The van der Waals surface area contributed by atoms with E-state index in [0.29, 0.717) is 19.5 Å². The minimum atomic E-state index is -2.07. The Labute approximate surface area is 463 Å². The molecule has 6 aromatic carbocycles. The highest BCUT2D eigenvalue weighted by molar-refractivity contribution is 6.31. The number of methoxy groups -OCH3 is 1. The van der Waals surface area contributed by atoms with Gasteiger partial charge >= 0.3 is 0 Å². The van der Waals surface area contributed by atoms with E-state index in [1.165, 1.54) is 32.2 Å². The summed E-state index contributed by atoms with van der Waals surface area (Å²) in [7, 11) is 1.35. The molecule has 17 nitrogen and oxygen atoms in total. The maximum atomic E-state index is 14.1. The van der Waals surface area contributed by atoms with Gasteiger partial charge in [0.1, 0.15) is 28.5 Å². The second-order valence-corrected chi connectivity index (χ2v) is 20.9. The number of Topliss-reactive ketones (excluding diaryl/α,β-unsaturated/α-hetero) is 1.